The minimum atomic E-state index is 0.298. The second kappa shape index (κ2) is 6.04. The molecular formula is C19H20O2. The van der Waals surface area contributed by atoms with Crippen LogP contribution in [0.15, 0.2) is 60.7 Å². The Morgan fingerprint density at radius 3 is 1.71 bits per heavy atom. The number of allylic oxidation sites excluding steroid dienone is 2. The monoisotopic (exact) mass is 280 g/mol. The Hall–Kier alpha value is -2.22. The molecule has 1 unspecified atom stereocenters. The fourth-order valence-corrected chi connectivity index (χ4v) is 3.22. The zero-order valence-electron chi connectivity index (χ0n) is 11.9. The molecule has 0 aliphatic heterocycles. The Morgan fingerprint density at radius 2 is 1.29 bits per heavy atom. The van der Waals surface area contributed by atoms with Gasteiger partial charge in [0.1, 0.15) is 11.5 Å². The van der Waals surface area contributed by atoms with Gasteiger partial charge in [0, 0.05) is 5.92 Å². The van der Waals surface area contributed by atoms with Crippen molar-refractivity contribution in [2.75, 3.05) is 0 Å². The molecule has 0 aromatic heterocycles. The quantitative estimate of drug-likeness (QED) is 0.807. The molecule has 0 bridgehead atoms. The molecule has 0 spiro atoms. The lowest BCUT2D eigenvalue weighted by Crippen LogP contribution is -2.15. The first-order valence-corrected chi connectivity index (χ1v) is 7.47. The molecule has 2 nitrogen and oxygen atoms in total. The van der Waals surface area contributed by atoms with Gasteiger partial charge < -0.3 is 10.2 Å². The van der Waals surface area contributed by atoms with Gasteiger partial charge in [-0.2, -0.15) is 0 Å². The zero-order chi connectivity index (χ0) is 14.7. The normalized spacial score (nSPS) is 18.0. The molecule has 2 N–H and O–H groups in total. The van der Waals surface area contributed by atoms with Crippen LogP contribution in [0.3, 0.4) is 0 Å². The van der Waals surface area contributed by atoms with Gasteiger partial charge in [0.2, 0.25) is 0 Å². The van der Waals surface area contributed by atoms with E-state index in [9.17, 15) is 10.2 Å². The van der Waals surface area contributed by atoms with Crippen LogP contribution in [0.1, 0.15) is 36.3 Å². The van der Waals surface area contributed by atoms with E-state index in [1.165, 1.54) is 17.5 Å². The third kappa shape index (κ3) is 3.10. The minimum Gasteiger partial charge on any atom is -0.508 e. The van der Waals surface area contributed by atoms with Gasteiger partial charge in [-0.15, -0.1) is 0 Å². The Kier molecular flexibility index (Phi) is 3.96. The van der Waals surface area contributed by atoms with E-state index >= 15 is 0 Å². The predicted molar refractivity (Wildman–Crippen MR) is 84.5 cm³/mol. The molecule has 3 rings (SSSR count). The average Bonchev–Trinajstić information content (AvgIpc) is 2.52. The maximum Gasteiger partial charge on any atom is 0.115 e. The Bertz CT molecular complexity index is 566. The van der Waals surface area contributed by atoms with Crippen LogP contribution in [0.4, 0.5) is 0 Å². The summed E-state index contributed by atoms with van der Waals surface area (Å²) in [5, 5.41) is 19.0. The SMILES string of the molecule is Oc1ccc(C(c2ccc(O)cc2)C2CC=CCC2)cc1. The molecule has 0 amide bonds. The summed E-state index contributed by atoms with van der Waals surface area (Å²) in [5.74, 6) is 1.46. The smallest absolute Gasteiger partial charge is 0.115 e. The topological polar surface area (TPSA) is 40.5 Å². The van der Waals surface area contributed by atoms with E-state index in [1.54, 1.807) is 24.3 Å². The Balaban J connectivity index is 1.99. The lowest BCUT2D eigenvalue weighted by atomic mass is 9.75. The van der Waals surface area contributed by atoms with E-state index in [4.69, 9.17) is 0 Å². The number of aromatic hydroxyl groups is 2. The van der Waals surface area contributed by atoms with E-state index in [2.05, 4.69) is 12.2 Å². The predicted octanol–water partition coefficient (Wildman–Crippen LogP) is 4.59. The van der Waals surface area contributed by atoms with Crippen molar-refractivity contribution in [3.63, 3.8) is 0 Å². The molecule has 1 aliphatic carbocycles. The first-order chi connectivity index (χ1) is 10.2. The number of phenolic OH excluding ortho intramolecular Hbond substituents is 2. The van der Waals surface area contributed by atoms with Crippen LogP contribution in [0.5, 0.6) is 11.5 Å². The second-order valence-corrected chi connectivity index (χ2v) is 5.71. The van der Waals surface area contributed by atoms with Gasteiger partial charge in [0.15, 0.2) is 0 Å². The molecule has 0 radical (unpaired) electrons. The number of phenols is 2. The molecule has 1 atom stereocenters. The first-order valence-electron chi connectivity index (χ1n) is 7.47. The summed E-state index contributed by atoms with van der Waals surface area (Å²) in [5.41, 5.74) is 2.44. The highest BCUT2D eigenvalue weighted by Gasteiger charge is 2.25. The fourth-order valence-electron chi connectivity index (χ4n) is 3.22. The van der Waals surface area contributed by atoms with Crippen LogP contribution in [0.25, 0.3) is 0 Å². The highest BCUT2D eigenvalue weighted by Crippen LogP contribution is 2.39. The Morgan fingerprint density at radius 1 is 0.762 bits per heavy atom. The van der Waals surface area contributed by atoms with Crippen molar-refractivity contribution in [3.8, 4) is 11.5 Å². The maximum absolute atomic E-state index is 9.51. The number of hydrogen-bond acceptors (Lipinski definition) is 2. The van der Waals surface area contributed by atoms with Crippen molar-refractivity contribution in [1.82, 2.24) is 0 Å². The van der Waals surface area contributed by atoms with Crippen molar-refractivity contribution in [2.24, 2.45) is 5.92 Å². The van der Waals surface area contributed by atoms with Crippen LogP contribution in [-0.2, 0) is 0 Å². The van der Waals surface area contributed by atoms with Gasteiger partial charge in [-0.05, 0) is 60.6 Å². The molecule has 0 saturated heterocycles. The third-order valence-electron chi connectivity index (χ3n) is 4.29. The second-order valence-electron chi connectivity index (χ2n) is 5.71. The van der Waals surface area contributed by atoms with Gasteiger partial charge in [-0.3, -0.25) is 0 Å². The molecule has 2 aromatic carbocycles. The molecule has 108 valence electrons. The summed E-state index contributed by atoms with van der Waals surface area (Å²) in [7, 11) is 0. The van der Waals surface area contributed by atoms with E-state index < -0.39 is 0 Å². The van der Waals surface area contributed by atoms with Crippen molar-refractivity contribution >= 4 is 0 Å². The summed E-state index contributed by atoms with van der Waals surface area (Å²) in [6, 6.07) is 15.0. The maximum atomic E-state index is 9.51. The molecule has 21 heavy (non-hydrogen) atoms. The number of rotatable bonds is 3. The zero-order valence-corrected chi connectivity index (χ0v) is 11.9. The van der Waals surface area contributed by atoms with Crippen LogP contribution < -0.4 is 0 Å². The summed E-state index contributed by atoms with van der Waals surface area (Å²) in [6.45, 7) is 0. The van der Waals surface area contributed by atoms with Crippen LogP contribution in [0.2, 0.25) is 0 Å². The van der Waals surface area contributed by atoms with Gasteiger partial charge in [0.25, 0.3) is 0 Å². The molecule has 0 heterocycles. The van der Waals surface area contributed by atoms with E-state index in [1.807, 2.05) is 24.3 Å². The number of hydrogen-bond donors (Lipinski definition) is 2. The molecule has 1 aliphatic rings. The van der Waals surface area contributed by atoms with Gasteiger partial charge in [0.05, 0.1) is 0 Å². The molecule has 0 saturated carbocycles. The van der Waals surface area contributed by atoms with Gasteiger partial charge in [-0.1, -0.05) is 36.4 Å². The fraction of sp³-hybridized carbons (Fsp3) is 0.263. The van der Waals surface area contributed by atoms with Crippen LogP contribution in [0, 0.1) is 5.92 Å². The highest BCUT2D eigenvalue weighted by atomic mass is 16.3. The molecule has 2 aromatic rings. The van der Waals surface area contributed by atoms with E-state index in [-0.39, 0.29) is 0 Å². The van der Waals surface area contributed by atoms with Gasteiger partial charge >= 0.3 is 0 Å². The highest BCUT2D eigenvalue weighted by molar-refractivity contribution is 5.38. The minimum absolute atomic E-state index is 0.298. The van der Waals surface area contributed by atoms with Crippen LogP contribution in [-0.4, -0.2) is 10.2 Å². The summed E-state index contributed by atoms with van der Waals surface area (Å²) >= 11 is 0. The molecular weight excluding hydrogens is 260 g/mol. The molecule has 2 heteroatoms. The van der Waals surface area contributed by atoms with E-state index in [0.717, 1.165) is 12.8 Å². The first kappa shape index (κ1) is 13.7. The summed E-state index contributed by atoms with van der Waals surface area (Å²) < 4.78 is 0. The Labute approximate surface area is 125 Å². The van der Waals surface area contributed by atoms with Crippen LogP contribution >= 0.6 is 0 Å². The van der Waals surface area contributed by atoms with E-state index in [0.29, 0.717) is 23.3 Å². The summed E-state index contributed by atoms with van der Waals surface area (Å²) in [4.78, 5) is 0. The van der Waals surface area contributed by atoms with Crippen molar-refractivity contribution in [3.05, 3.63) is 71.8 Å². The van der Waals surface area contributed by atoms with Gasteiger partial charge in [-0.25, -0.2) is 0 Å². The number of benzene rings is 2. The largest absolute Gasteiger partial charge is 0.508 e. The third-order valence-corrected chi connectivity index (χ3v) is 4.29. The van der Waals surface area contributed by atoms with Crippen molar-refractivity contribution < 1.29 is 10.2 Å². The van der Waals surface area contributed by atoms with Crippen molar-refractivity contribution in [1.29, 1.82) is 0 Å². The molecule has 0 fully saturated rings. The van der Waals surface area contributed by atoms with Crippen molar-refractivity contribution in [2.45, 2.75) is 25.2 Å². The summed E-state index contributed by atoms with van der Waals surface area (Å²) in [6.07, 6.45) is 7.88. The lowest BCUT2D eigenvalue weighted by molar-refractivity contribution is 0.426. The lowest BCUT2D eigenvalue weighted by Gasteiger charge is -2.29. The average molecular weight is 280 g/mol. The standard InChI is InChI=1S/C19H20O2/c20-17-10-6-15(7-11-17)19(14-4-2-1-3-5-14)16-8-12-18(21)13-9-16/h1-2,6-14,19-21H,3-5H2.